The molecule has 3 heteroatoms. The third-order valence-corrected chi connectivity index (χ3v) is 3.68. The molecule has 1 unspecified atom stereocenters. The Labute approximate surface area is 101 Å². The van der Waals surface area contributed by atoms with Crippen LogP contribution in [0.25, 0.3) is 11.4 Å². The van der Waals surface area contributed by atoms with Crippen molar-refractivity contribution in [2.75, 3.05) is 7.05 Å². The van der Waals surface area contributed by atoms with Gasteiger partial charge in [-0.1, -0.05) is 18.2 Å². The molecule has 0 fully saturated rings. The van der Waals surface area contributed by atoms with Gasteiger partial charge in [-0.3, -0.25) is 0 Å². The average molecular weight is 227 g/mol. The van der Waals surface area contributed by atoms with E-state index in [9.17, 15) is 0 Å². The van der Waals surface area contributed by atoms with E-state index >= 15 is 0 Å². The summed E-state index contributed by atoms with van der Waals surface area (Å²) in [6, 6.07) is 7.05. The van der Waals surface area contributed by atoms with Gasteiger partial charge in [-0.25, -0.2) is 4.98 Å². The fourth-order valence-corrected chi connectivity index (χ4v) is 2.79. The minimum Gasteiger partial charge on any atom is -0.334 e. The lowest BCUT2D eigenvalue weighted by Gasteiger charge is -2.12. The number of hydrogen-bond acceptors (Lipinski definition) is 2. The third kappa shape index (κ3) is 1.58. The predicted octanol–water partition coefficient (Wildman–Crippen LogP) is 2.29. The highest BCUT2D eigenvalue weighted by atomic mass is 15.0. The number of rotatable bonds is 2. The summed E-state index contributed by atoms with van der Waals surface area (Å²) in [7, 11) is 4.08. The summed E-state index contributed by atoms with van der Waals surface area (Å²) in [6.07, 6.45) is 6.19. The van der Waals surface area contributed by atoms with Crippen LogP contribution in [0.15, 0.2) is 30.6 Å². The summed E-state index contributed by atoms with van der Waals surface area (Å²) in [5.41, 5.74) is 4.18. The highest BCUT2D eigenvalue weighted by Gasteiger charge is 2.24. The van der Waals surface area contributed by atoms with Crippen LogP contribution >= 0.6 is 0 Å². The molecule has 0 spiro atoms. The van der Waals surface area contributed by atoms with Crippen LogP contribution in [0.4, 0.5) is 0 Å². The van der Waals surface area contributed by atoms with Gasteiger partial charge in [0.2, 0.25) is 0 Å². The Kier molecular flexibility index (Phi) is 2.48. The second-order valence-electron chi connectivity index (χ2n) is 4.62. The molecule has 1 aromatic heterocycles. The van der Waals surface area contributed by atoms with Crippen LogP contribution in [0.3, 0.4) is 0 Å². The Balaban J connectivity index is 2.15. The molecule has 17 heavy (non-hydrogen) atoms. The number of imidazole rings is 1. The van der Waals surface area contributed by atoms with E-state index in [-0.39, 0.29) is 0 Å². The smallest absolute Gasteiger partial charge is 0.139 e. The first-order chi connectivity index (χ1) is 8.31. The Hall–Kier alpha value is -1.61. The van der Waals surface area contributed by atoms with Crippen molar-refractivity contribution in [2.45, 2.75) is 18.9 Å². The van der Waals surface area contributed by atoms with Crippen molar-refractivity contribution in [2.24, 2.45) is 7.05 Å². The summed E-state index contributed by atoms with van der Waals surface area (Å²) >= 11 is 0. The second-order valence-corrected chi connectivity index (χ2v) is 4.62. The molecule has 0 radical (unpaired) electrons. The van der Waals surface area contributed by atoms with E-state index in [0.717, 1.165) is 12.2 Å². The normalized spacial score (nSPS) is 18.4. The van der Waals surface area contributed by atoms with Crippen LogP contribution < -0.4 is 5.32 Å². The Bertz CT molecular complexity index is 542. The molecule has 3 nitrogen and oxygen atoms in total. The van der Waals surface area contributed by atoms with Crippen molar-refractivity contribution in [1.29, 1.82) is 0 Å². The van der Waals surface area contributed by atoms with E-state index in [0.29, 0.717) is 6.04 Å². The molecule has 0 saturated carbocycles. The first kappa shape index (κ1) is 10.5. The van der Waals surface area contributed by atoms with Crippen LogP contribution in [0.5, 0.6) is 0 Å². The molecule has 2 aromatic rings. The number of aromatic nitrogens is 2. The van der Waals surface area contributed by atoms with Crippen molar-refractivity contribution in [1.82, 2.24) is 14.9 Å². The van der Waals surface area contributed by atoms with Crippen molar-refractivity contribution in [3.8, 4) is 11.4 Å². The lowest BCUT2D eigenvalue weighted by atomic mass is 10.0. The molecule has 0 amide bonds. The molecule has 0 saturated heterocycles. The van der Waals surface area contributed by atoms with Gasteiger partial charge < -0.3 is 9.88 Å². The number of hydrogen-bond donors (Lipinski definition) is 1. The van der Waals surface area contributed by atoms with E-state index in [4.69, 9.17) is 0 Å². The maximum absolute atomic E-state index is 4.46. The molecular formula is C14H17N3. The molecule has 0 bridgehead atoms. The number of benzene rings is 1. The highest BCUT2D eigenvalue weighted by Crippen LogP contribution is 2.36. The van der Waals surface area contributed by atoms with E-state index in [1.807, 2.05) is 26.5 Å². The van der Waals surface area contributed by atoms with E-state index < -0.39 is 0 Å². The number of nitrogens with one attached hydrogen (secondary N) is 1. The van der Waals surface area contributed by atoms with Crippen molar-refractivity contribution < 1.29 is 0 Å². The maximum atomic E-state index is 4.46. The van der Waals surface area contributed by atoms with E-state index in [2.05, 4.69) is 33.1 Å². The molecule has 1 aromatic carbocycles. The number of fused-ring (bicyclic) bond motifs is 1. The number of nitrogens with zero attached hydrogens (tertiary/aromatic N) is 2. The SMILES string of the molecule is CNC1CCc2c(-c3nccn3C)cccc21. The quantitative estimate of drug-likeness (QED) is 0.853. The van der Waals surface area contributed by atoms with Crippen LogP contribution in [0, 0.1) is 0 Å². The molecule has 1 atom stereocenters. The second kappa shape index (κ2) is 4.00. The summed E-state index contributed by atoms with van der Waals surface area (Å²) in [4.78, 5) is 4.46. The van der Waals surface area contributed by atoms with Crippen molar-refractivity contribution in [3.05, 3.63) is 41.7 Å². The molecule has 1 aliphatic rings. The Morgan fingerprint density at radius 2 is 2.29 bits per heavy atom. The van der Waals surface area contributed by atoms with E-state index in [1.54, 1.807) is 0 Å². The first-order valence-electron chi connectivity index (χ1n) is 6.08. The third-order valence-electron chi connectivity index (χ3n) is 3.68. The van der Waals surface area contributed by atoms with Crippen molar-refractivity contribution >= 4 is 0 Å². The zero-order chi connectivity index (χ0) is 11.8. The summed E-state index contributed by atoms with van der Waals surface area (Å²) in [5, 5.41) is 3.38. The maximum Gasteiger partial charge on any atom is 0.139 e. The number of aryl methyl sites for hydroxylation is 1. The summed E-state index contributed by atoms with van der Waals surface area (Å²) in [6.45, 7) is 0. The van der Waals surface area contributed by atoms with Gasteiger partial charge in [0.25, 0.3) is 0 Å². The predicted molar refractivity (Wildman–Crippen MR) is 68.8 cm³/mol. The molecule has 1 N–H and O–H groups in total. The standard InChI is InChI=1S/C14H17N3/c1-15-13-7-6-10-11(13)4-3-5-12(10)14-16-8-9-17(14)2/h3-5,8-9,13,15H,6-7H2,1-2H3. The van der Waals surface area contributed by atoms with Crippen LogP contribution in [-0.2, 0) is 13.5 Å². The first-order valence-corrected chi connectivity index (χ1v) is 6.08. The fraction of sp³-hybridized carbons (Fsp3) is 0.357. The average Bonchev–Trinajstić information content (AvgIpc) is 2.94. The van der Waals surface area contributed by atoms with Gasteiger partial charge in [-0.05, 0) is 31.0 Å². The zero-order valence-corrected chi connectivity index (χ0v) is 10.3. The van der Waals surface area contributed by atoms with Gasteiger partial charge in [0.15, 0.2) is 0 Å². The lowest BCUT2D eigenvalue weighted by molar-refractivity contribution is 0.590. The largest absolute Gasteiger partial charge is 0.334 e. The fourth-order valence-electron chi connectivity index (χ4n) is 2.79. The highest BCUT2D eigenvalue weighted by molar-refractivity contribution is 5.64. The summed E-state index contributed by atoms with van der Waals surface area (Å²) < 4.78 is 2.09. The summed E-state index contributed by atoms with van der Waals surface area (Å²) in [5.74, 6) is 1.07. The van der Waals surface area contributed by atoms with Crippen LogP contribution in [-0.4, -0.2) is 16.6 Å². The van der Waals surface area contributed by atoms with Crippen molar-refractivity contribution in [3.63, 3.8) is 0 Å². The molecule has 1 aliphatic carbocycles. The van der Waals surface area contributed by atoms with Gasteiger partial charge in [0, 0.05) is 31.0 Å². The molecular weight excluding hydrogens is 210 g/mol. The van der Waals surface area contributed by atoms with Crippen LogP contribution in [0.1, 0.15) is 23.6 Å². The molecule has 1 heterocycles. The van der Waals surface area contributed by atoms with Crippen LogP contribution in [0.2, 0.25) is 0 Å². The molecule has 0 aliphatic heterocycles. The Morgan fingerprint density at radius 1 is 1.41 bits per heavy atom. The minimum atomic E-state index is 0.505. The van der Waals surface area contributed by atoms with Gasteiger partial charge in [0.1, 0.15) is 5.82 Å². The molecule has 88 valence electrons. The van der Waals surface area contributed by atoms with Gasteiger partial charge in [-0.15, -0.1) is 0 Å². The lowest BCUT2D eigenvalue weighted by Crippen LogP contribution is -2.12. The van der Waals surface area contributed by atoms with Gasteiger partial charge in [0.05, 0.1) is 0 Å². The minimum absolute atomic E-state index is 0.505. The van der Waals surface area contributed by atoms with E-state index in [1.165, 1.54) is 23.1 Å². The Morgan fingerprint density at radius 3 is 3.00 bits per heavy atom. The monoisotopic (exact) mass is 227 g/mol. The molecule has 3 rings (SSSR count). The van der Waals surface area contributed by atoms with Gasteiger partial charge in [-0.2, -0.15) is 0 Å². The zero-order valence-electron chi connectivity index (χ0n) is 10.3. The van der Waals surface area contributed by atoms with Gasteiger partial charge >= 0.3 is 0 Å². The topological polar surface area (TPSA) is 29.9 Å².